The van der Waals surface area contributed by atoms with Crippen molar-refractivity contribution in [2.75, 3.05) is 13.1 Å². The van der Waals surface area contributed by atoms with Crippen LogP contribution in [0.1, 0.15) is 24.2 Å². The van der Waals surface area contributed by atoms with Crippen molar-refractivity contribution >= 4 is 0 Å². The van der Waals surface area contributed by atoms with Crippen molar-refractivity contribution in [3.8, 4) is 0 Å². The monoisotopic (exact) mass is 195 g/mol. The van der Waals surface area contributed by atoms with E-state index in [1.807, 2.05) is 6.92 Å². The van der Waals surface area contributed by atoms with Crippen molar-refractivity contribution in [3.63, 3.8) is 0 Å². The number of aromatic amines is 2. The van der Waals surface area contributed by atoms with Gasteiger partial charge in [-0.1, -0.05) is 0 Å². The maximum atomic E-state index is 11.0. The number of H-pyrrole nitrogens is 2. The van der Waals surface area contributed by atoms with E-state index in [0.717, 1.165) is 36.8 Å². The molecule has 14 heavy (non-hydrogen) atoms. The Morgan fingerprint density at radius 3 is 2.57 bits per heavy atom. The van der Waals surface area contributed by atoms with Gasteiger partial charge in [-0.2, -0.15) is 0 Å². The summed E-state index contributed by atoms with van der Waals surface area (Å²) in [4.78, 5) is 16.7. The summed E-state index contributed by atoms with van der Waals surface area (Å²) in [6.45, 7) is 4.17. The molecule has 78 valence electrons. The predicted octanol–water partition coefficient (Wildman–Crippen LogP) is 0.554. The summed E-state index contributed by atoms with van der Waals surface area (Å²) >= 11 is 0. The summed E-state index contributed by atoms with van der Waals surface area (Å²) in [5, 5.41) is 3.34. The molecule has 0 unspecified atom stereocenters. The Morgan fingerprint density at radius 2 is 2.00 bits per heavy atom. The minimum absolute atomic E-state index is 0.0774. The fraction of sp³-hybridized carbons (Fsp3) is 0.700. The third-order valence-corrected chi connectivity index (χ3v) is 2.97. The van der Waals surface area contributed by atoms with Gasteiger partial charge in [0, 0.05) is 11.4 Å². The molecule has 0 saturated carbocycles. The molecule has 0 amide bonds. The molecule has 1 aromatic rings. The Bertz CT molecular complexity index is 346. The molecule has 1 aromatic heterocycles. The topological polar surface area (TPSA) is 60.7 Å². The molecule has 1 aliphatic rings. The molecular weight excluding hydrogens is 178 g/mol. The zero-order valence-corrected chi connectivity index (χ0v) is 8.52. The maximum Gasteiger partial charge on any atom is 0.323 e. The summed E-state index contributed by atoms with van der Waals surface area (Å²) in [6.07, 6.45) is 3.44. The summed E-state index contributed by atoms with van der Waals surface area (Å²) < 4.78 is 0. The highest BCUT2D eigenvalue weighted by Crippen LogP contribution is 2.17. The van der Waals surface area contributed by atoms with E-state index in [4.69, 9.17) is 0 Å². The van der Waals surface area contributed by atoms with Crippen LogP contribution in [-0.4, -0.2) is 23.1 Å². The molecule has 1 fully saturated rings. The fourth-order valence-corrected chi connectivity index (χ4v) is 2.09. The van der Waals surface area contributed by atoms with E-state index < -0.39 is 0 Å². The van der Waals surface area contributed by atoms with E-state index in [0.29, 0.717) is 0 Å². The second kappa shape index (κ2) is 4.00. The average Bonchev–Trinajstić information content (AvgIpc) is 2.47. The van der Waals surface area contributed by atoms with Crippen molar-refractivity contribution in [3.05, 3.63) is 21.9 Å². The van der Waals surface area contributed by atoms with E-state index in [9.17, 15) is 4.79 Å². The minimum atomic E-state index is -0.0774. The maximum absolute atomic E-state index is 11.0. The van der Waals surface area contributed by atoms with Gasteiger partial charge in [-0.25, -0.2) is 4.79 Å². The SMILES string of the molecule is Cc1[nH]c(=O)[nH]c1CC1CCNCC1. The molecule has 2 rings (SSSR count). The molecule has 4 nitrogen and oxygen atoms in total. The third kappa shape index (κ3) is 2.07. The van der Waals surface area contributed by atoms with Gasteiger partial charge in [0.2, 0.25) is 0 Å². The molecule has 2 heterocycles. The predicted molar refractivity (Wildman–Crippen MR) is 55.4 cm³/mol. The number of hydrogen-bond acceptors (Lipinski definition) is 2. The molecule has 0 atom stereocenters. The van der Waals surface area contributed by atoms with Gasteiger partial charge in [0.05, 0.1) is 0 Å². The van der Waals surface area contributed by atoms with Gasteiger partial charge in [-0.3, -0.25) is 0 Å². The van der Waals surface area contributed by atoms with Gasteiger partial charge >= 0.3 is 5.69 Å². The van der Waals surface area contributed by atoms with E-state index in [2.05, 4.69) is 15.3 Å². The first kappa shape index (κ1) is 9.52. The quantitative estimate of drug-likeness (QED) is 0.645. The van der Waals surface area contributed by atoms with Gasteiger partial charge in [-0.15, -0.1) is 0 Å². The Balaban J connectivity index is 2.02. The Morgan fingerprint density at radius 1 is 1.29 bits per heavy atom. The summed E-state index contributed by atoms with van der Waals surface area (Å²) in [5.74, 6) is 0.724. The lowest BCUT2D eigenvalue weighted by molar-refractivity contribution is 0.370. The van der Waals surface area contributed by atoms with Crippen LogP contribution in [0.25, 0.3) is 0 Å². The van der Waals surface area contributed by atoms with Crippen molar-refractivity contribution in [2.45, 2.75) is 26.2 Å². The number of piperidine rings is 1. The van der Waals surface area contributed by atoms with Crippen molar-refractivity contribution < 1.29 is 0 Å². The van der Waals surface area contributed by atoms with Crippen LogP contribution in [0.3, 0.4) is 0 Å². The van der Waals surface area contributed by atoms with Gasteiger partial charge < -0.3 is 15.3 Å². The van der Waals surface area contributed by atoms with E-state index in [-0.39, 0.29) is 5.69 Å². The van der Waals surface area contributed by atoms with E-state index >= 15 is 0 Å². The highest BCUT2D eigenvalue weighted by atomic mass is 16.1. The van der Waals surface area contributed by atoms with Crippen molar-refractivity contribution in [2.24, 2.45) is 5.92 Å². The molecule has 0 bridgehead atoms. The minimum Gasteiger partial charge on any atom is -0.317 e. The lowest BCUT2D eigenvalue weighted by atomic mass is 9.93. The summed E-state index contributed by atoms with van der Waals surface area (Å²) in [6, 6.07) is 0. The van der Waals surface area contributed by atoms with E-state index in [1.165, 1.54) is 12.8 Å². The molecule has 0 spiro atoms. The molecule has 0 radical (unpaired) electrons. The number of hydrogen-bond donors (Lipinski definition) is 3. The first-order valence-electron chi connectivity index (χ1n) is 5.24. The normalized spacial score (nSPS) is 18.6. The van der Waals surface area contributed by atoms with Crippen LogP contribution in [0.5, 0.6) is 0 Å². The number of rotatable bonds is 2. The molecule has 1 saturated heterocycles. The van der Waals surface area contributed by atoms with Crippen LogP contribution in [0.15, 0.2) is 4.79 Å². The second-order valence-electron chi connectivity index (χ2n) is 4.08. The molecule has 0 aliphatic carbocycles. The summed E-state index contributed by atoms with van der Waals surface area (Å²) in [7, 11) is 0. The lowest BCUT2D eigenvalue weighted by Gasteiger charge is -2.22. The van der Waals surface area contributed by atoms with Gasteiger partial charge in [0.25, 0.3) is 0 Å². The largest absolute Gasteiger partial charge is 0.323 e. The lowest BCUT2D eigenvalue weighted by Crippen LogP contribution is -2.28. The second-order valence-corrected chi connectivity index (χ2v) is 4.08. The first-order valence-corrected chi connectivity index (χ1v) is 5.24. The fourth-order valence-electron chi connectivity index (χ4n) is 2.09. The Kier molecular flexibility index (Phi) is 2.72. The van der Waals surface area contributed by atoms with Crippen LogP contribution in [0.4, 0.5) is 0 Å². The van der Waals surface area contributed by atoms with Gasteiger partial charge in [0.1, 0.15) is 0 Å². The molecule has 1 aliphatic heterocycles. The number of aromatic nitrogens is 2. The zero-order chi connectivity index (χ0) is 9.97. The van der Waals surface area contributed by atoms with Gasteiger partial charge in [0.15, 0.2) is 0 Å². The first-order chi connectivity index (χ1) is 6.75. The van der Waals surface area contributed by atoms with Crippen LogP contribution in [-0.2, 0) is 6.42 Å². The molecule has 3 N–H and O–H groups in total. The number of imidazole rings is 1. The Hall–Kier alpha value is -1.03. The highest BCUT2D eigenvalue weighted by Gasteiger charge is 2.15. The van der Waals surface area contributed by atoms with Crippen LogP contribution in [0, 0.1) is 12.8 Å². The zero-order valence-electron chi connectivity index (χ0n) is 8.52. The number of aryl methyl sites for hydroxylation is 1. The van der Waals surface area contributed by atoms with Gasteiger partial charge in [-0.05, 0) is 45.2 Å². The number of nitrogens with one attached hydrogen (secondary N) is 3. The molecular formula is C10H17N3O. The van der Waals surface area contributed by atoms with Crippen molar-refractivity contribution in [1.29, 1.82) is 0 Å². The van der Waals surface area contributed by atoms with Crippen LogP contribution < -0.4 is 11.0 Å². The molecule has 0 aromatic carbocycles. The van der Waals surface area contributed by atoms with E-state index in [1.54, 1.807) is 0 Å². The molecule has 4 heteroatoms. The Labute approximate surface area is 83.1 Å². The average molecular weight is 195 g/mol. The third-order valence-electron chi connectivity index (χ3n) is 2.97. The summed E-state index contributed by atoms with van der Waals surface area (Å²) in [5.41, 5.74) is 2.00. The highest BCUT2D eigenvalue weighted by molar-refractivity contribution is 5.09. The van der Waals surface area contributed by atoms with Crippen LogP contribution in [0.2, 0.25) is 0 Å². The van der Waals surface area contributed by atoms with Crippen molar-refractivity contribution in [1.82, 2.24) is 15.3 Å². The van der Waals surface area contributed by atoms with Crippen LogP contribution >= 0.6 is 0 Å². The smallest absolute Gasteiger partial charge is 0.317 e. The standard InChI is InChI=1S/C10H17N3O/c1-7-9(13-10(14)12-7)6-8-2-4-11-5-3-8/h8,11H,2-6H2,1H3,(H2,12,13,14).